The molecule has 6 aromatic carbocycles. The second-order valence-corrected chi connectivity index (χ2v) is 45.0. The van der Waals surface area contributed by atoms with E-state index in [-0.39, 0.29) is 28.1 Å². The third-order valence-corrected chi connectivity index (χ3v) is 29.8. The van der Waals surface area contributed by atoms with Gasteiger partial charge in [-0.3, -0.25) is 13.6 Å². The molecule has 0 heterocycles. The Bertz CT molecular complexity index is 3720. The van der Waals surface area contributed by atoms with E-state index < -0.39 is 25.8 Å². The van der Waals surface area contributed by atoms with E-state index in [2.05, 4.69) is 241 Å². The predicted molar refractivity (Wildman–Crippen MR) is 567 cm³/mol. The van der Waals surface area contributed by atoms with Crippen molar-refractivity contribution in [2.45, 2.75) is 513 Å². The number of hydrogen-bond acceptors (Lipinski definition) is 9. The molecule has 6 rings (SSSR count). The van der Waals surface area contributed by atoms with Gasteiger partial charge < -0.3 is 27.1 Å². The summed E-state index contributed by atoms with van der Waals surface area (Å²) in [6.07, 6.45) is 67.9. The standard InChI is InChI=1S/C118H193O9P3/c1-20-26-32-38-44-47-50-56-62-74-86-119-128(122-110-83-71-68-80-100(110)77-65-59-53-41-35-29-23-4)125-113-90-97(8)103(93-107(113)116(11,12)13)96(7)89-106(104-94-108(117(14,15)16)114(91-98(104)9)126-129(120-87-75-63-57-51-48-45-39-33-27-21-2)123-111-84-72-69-81-101(111)78-66-60-54-42-36-30-24-5)105-95-109(118(17,18)19)115(92-99(105)10)127-130(121-88-76-64-58-52-49-46-40-34-28-22-3)124-112-85-73-70-82-102(112)79-67-61-55-43-37-31-25-6/h68-73,80-85,90-96,106H,20-67,74-79,86-89H2,1-19H3. The fraction of sp³-hybridized carbons (Fsp3) is 0.695. The second-order valence-electron chi connectivity index (χ2n) is 41.8. The highest BCUT2D eigenvalue weighted by atomic mass is 31.2. The van der Waals surface area contributed by atoms with Crippen LogP contribution in [0.15, 0.2) is 109 Å². The van der Waals surface area contributed by atoms with Crippen LogP contribution in [0.25, 0.3) is 0 Å². The smallest absolute Gasteiger partial charge is 0.417 e. The summed E-state index contributed by atoms with van der Waals surface area (Å²) in [5.74, 6) is 5.07. The minimum atomic E-state index is -1.87. The Balaban J connectivity index is 1.48. The summed E-state index contributed by atoms with van der Waals surface area (Å²) in [6.45, 7) is 46.0. The Morgan fingerprint density at radius 3 is 0.677 bits per heavy atom. The fourth-order valence-corrected chi connectivity index (χ4v) is 21.6. The Morgan fingerprint density at radius 1 is 0.238 bits per heavy atom. The van der Waals surface area contributed by atoms with E-state index >= 15 is 0 Å². The van der Waals surface area contributed by atoms with Crippen molar-refractivity contribution in [3.63, 3.8) is 0 Å². The third kappa shape index (κ3) is 46.0. The fourth-order valence-electron chi connectivity index (χ4n) is 18.4. The summed E-state index contributed by atoms with van der Waals surface area (Å²) in [5.41, 5.74) is 13.5. The van der Waals surface area contributed by atoms with E-state index in [9.17, 15) is 0 Å². The van der Waals surface area contributed by atoms with Gasteiger partial charge in [-0.2, -0.15) is 0 Å². The Hall–Kier alpha value is -4.71. The van der Waals surface area contributed by atoms with Crippen LogP contribution in [0.5, 0.6) is 34.5 Å². The van der Waals surface area contributed by atoms with Gasteiger partial charge in [0.15, 0.2) is 0 Å². The van der Waals surface area contributed by atoms with Crippen molar-refractivity contribution in [2.75, 3.05) is 19.8 Å². The molecule has 0 aliphatic rings. The van der Waals surface area contributed by atoms with Gasteiger partial charge >= 0.3 is 25.8 Å². The zero-order valence-electron chi connectivity index (χ0n) is 87.1. The maximum atomic E-state index is 7.46. The first-order valence-electron chi connectivity index (χ1n) is 54.0. The topological polar surface area (TPSA) is 83.1 Å². The maximum Gasteiger partial charge on any atom is 0.463 e. The van der Waals surface area contributed by atoms with Gasteiger partial charge in [-0.05, 0) is 194 Å². The predicted octanol–water partition coefficient (Wildman–Crippen LogP) is 40.6. The number of rotatable bonds is 77. The van der Waals surface area contributed by atoms with Gasteiger partial charge in [0.1, 0.15) is 34.5 Å². The van der Waals surface area contributed by atoms with Crippen LogP contribution in [0.1, 0.15) is 523 Å². The minimum absolute atomic E-state index is 0.0777. The van der Waals surface area contributed by atoms with Crippen LogP contribution in [0.2, 0.25) is 0 Å². The molecule has 0 fully saturated rings. The van der Waals surface area contributed by atoms with Gasteiger partial charge in [0.05, 0.1) is 19.8 Å². The van der Waals surface area contributed by atoms with Crippen molar-refractivity contribution in [3.8, 4) is 34.5 Å². The normalized spacial score (nSPS) is 13.2. The van der Waals surface area contributed by atoms with Crippen molar-refractivity contribution >= 4 is 25.8 Å². The molecule has 9 nitrogen and oxygen atoms in total. The van der Waals surface area contributed by atoms with Gasteiger partial charge in [0.2, 0.25) is 0 Å². The quantitative estimate of drug-likeness (QED) is 0.0274. The highest BCUT2D eigenvalue weighted by molar-refractivity contribution is 7.43. The third-order valence-electron chi connectivity index (χ3n) is 26.6. The van der Waals surface area contributed by atoms with Crippen molar-refractivity contribution < 1.29 is 40.7 Å². The molecule has 0 aromatic heterocycles. The highest BCUT2D eigenvalue weighted by Crippen LogP contribution is 2.54. The molecule has 0 spiro atoms. The van der Waals surface area contributed by atoms with Gasteiger partial charge in [-0.25, -0.2) is 0 Å². The molecule has 0 aliphatic carbocycles. The maximum absolute atomic E-state index is 7.46. The van der Waals surface area contributed by atoms with Crippen LogP contribution in [-0.2, 0) is 49.1 Å². The van der Waals surface area contributed by atoms with Gasteiger partial charge in [0.25, 0.3) is 0 Å². The molecule has 6 aromatic rings. The Labute approximate surface area is 804 Å². The number of benzene rings is 6. The Morgan fingerprint density at radius 2 is 0.438 bits per heavy atom. The summed E-state index contributed by atoms with van der Waals surface area (Å²) in [7, 11) is -5.56. The first-order chi connectivity index (χ1) is 62.9. The molecule has 0 radical (unpaired) electrons. The Kier molecular flexibility index (Phi) is 59.2. The number of unbranched alkanes of at least 4 members (excludes halogenated alkanes) is 45. The van der Waals surface area contributed by atoms with Crippen molar-refractivity contribution in [2.24, 2.45) is 0 Å². The van der Waals surface area contributed by atoms with Crippen molar-refractivity contribution in [1.82, 2.24) is 0 Å². The average Bonchev–Trinajstić information content (AvgIpc) is 0.732. The van der Waals surface area contributed by atoms with Crippen LogP contribution in [0, 0.1) is 20.8 Å². The van der Waals surface area contributed by atoms with Crippen LogP contribution in [0.3, 0.4) is 0 Å². The zero-order valence-corrected chi connectivity index (χ0v) is 89.8. The number of hydrogen-bond donors (Lipinski definition) is 0. The molecule has 0 bridgehead atoms. The van der Waals surface area contributed by atoms with E-state index in [0.29, 0.717) is 19.8 Å². The SMILES string of the molecule is CCCCCCCCCCCCOP(Oc1ccccc1CCCCCCCCC)Oc1cc(C)c(C(C)CC(c2cc(C(C)(C)C)c(OP(OCCCCCCCCCCCC)Oc3ccccc3CCCCCCCCC)cc2C)c2cc(C(C)(C)C)c(OP(OCCCCCCCCCCCC)Oc3ccccc3CCCCCCCCC)cc2C)cc1C(C)(C)C. The van der Waals surface area contributed by atoms with Crippen LogP contribution in [0.4, 0.5) is 0 Å². The lowest BCUT2D eigenvalue weighted by atomic mass is 9.74. The van der Waals surface area contributed by atoms with Crippen LogP contribution >= 0.6 is 25.8 Å². The average molecular weight is 1850 g/mol. The molecular formula is C118H193O9P3. The molecule has 4 unspecified atom stereocenters. The van der Waals surface area contributed by atoms with Crippen LogP contribution in [-0.4, -0.2) is 19.8 Å². The summed E-state index contributed by atoms with van der Waals surface area (Å²) in [4.78, 5) is 0. The number of para-hydroxylation sites is 3. The van der Waals surface area contributed by atoms with E-state index in [1.807, 2.05) is 0 Å². The molecular weight excluding hydrogens is 1650 g/mol. The van der Waals surface area contributed by atoms with E-state index in [1.54, 1.807) is 0 Å². The van der Waals surface area contributed by atoms with Crippen molar-refractivity contribution in [3.05, 3.63) is 176 Å². The van der Waals surface area contributed by atoms with Gasteiger partial charge in [0, 0.05) is 22.6 Å². The molecule has 0 aliphatic heterocycles. The molecule has 12 heteroatoms. The molecule has 0 amide bonds. The molecule has 0 saturated carbocycles. The minimum Gasteiger partial charge on any atom is -0.417 e. The van der Waals surface area contributed by atoms with E-state index in [0.717, 1.165) is 135 Å². The van der Waals surface area contributed by atoms with E-state index in [4.69, 9.17) is 40.7 Å². The first kappa shape index (κ1) is 114. The molecule has 4 atom stereocenters. The zero-order chi connectivity index (χ0) is 93.9. The molecule has 130 heavy (non-hydrogen) atoms. The lowest BCUT2D eigenvalue weighted by Crippen LogP contribution is -2.19. The molecule has 0 saturated heterocycles. The molecule has 734 valence electrons. The lowest BCUT2D eigenvalue weighted by Gasteiger charge is -2.33. The first-order valence-corrected chi connectivity index (χ1v) is 57.3. The number of aryl methyl sites for hydroxylation is 6. The molecule has 0 N–H and O–H groups in total. The van der Waals surface area contributed by atoms with Gasteiger partial charge in [-0.1, -0.05) is 473 Å². The highest BCUT2D eigenvalue weighted by Gasteiger charge is 2.35. The second kappa shape index (κ2) is 67.5. The summed E-state index contributed by atoms with van der Waals surface area (Å²) < 4.78 is 64.7. The lowest BCUT2D eigenvalue weighted by molar-refractivity contribution is 0.255. The van der Waals surface area contributed by atoms with Crippen LogP contribution < -0.4 is 27.1 Å². The largest absolute Gasteiger partial charge is 0.463 e. The summed E-state index contributed by atoms with van der Waals surface area (Å²) in [6, 6.07) is 40.5. The summed E-state index contributed by atoms with van der Waals surface area (Å²) in [5, 5.41) is 0. The monoisotopic (exact) mass is 1850 g/mol. The van der Waals surface area contributed by atoms with Crippen molar-refractivity contribution in [1.29, 1.82) is 0 Å². The van der Waals surface area contributed by atoms with E-state index in [1.165, 1.54) is 320 Å². The van der Waals surface area contributed by atoms with Gasteiger partial charge in [-0.15, -0.1) is 0 Å². The summed E-state index contributed by atoms with van der Waals surface area (Å²) >= 11 is 0.